The summed E-state index contributed by atoms with van der Waals surface area (Å²) in [4.78, 5) is 27.1. The van der Waals surface area contributed by atoms with Gasteiger partial charge in [0.1, 0.15) is 23.2 Å². The fourth-order valence-corrected chi connectivity index (χ4v) is 3.31. The maximum Gasteiger partial charge on any atom is 0.257 e. The Morgan fingerprint density at radius 2 is 2.07 bits per heavy atom. The molecule has 1 aliphatic heterocycles. The quantitative estimate of drug-likeness (QED) is 0.863. The molecule has 1 fully saturated rings. The average molecular weight is 388 g/mol. The Bertz CT molecular complexity index is 926. The number of nitriles is 1. The zero-order valence-corrected chi connectivity index (χ0v) is 15.4. The molecule has 140 valence electrons. The van der Waals surface area contributed by atoms with Crippen molar-refractivity contribution in [2.45, 2.75) is 12.8 Å². The fraction of sp³-hybridized carbons (Fsp3) is 0.333. The van der Waals surface area contributed by atoms with Crippen molar-refractivity contribution >= 4 is 29.2 Å². The van der Waals surface area contributed by atoms with Gasteiger partial charge >= 0.3 is 0 Å². The van der Waals surface area contributed by atoms with E-state index in [1.54, 1.807) is 23.1 Å². The van der Waals surface area contributed by atoms with Gasteiger partial charge in [0.15, 0.2) is 0 Å². The number of halogens is 1. The van der Waals surface area contributed by atoms with Crippen molar-refractivity contribution < 1.29 is 14.3 Å². The Morgan fingerprint density at radius 1 is 1.37 bits per heavy atom. The minimum absolute atomic E-state index is 0.0460. The summed E-state index contributed by atoms with van der Waals surface area (Å²) in [6.07, 6.45) is 2.24. The highest BCUT2D eigenvalue weighted by molar-refractivity contribution is 6.31. The van der Waals surface area contributed by atoms with E-state index in [9.17, 15) is 9.59 Å². The van der Waals surface area contributed by atoms with Gasteiger partial charge in [0, 0.05) is 24.0 Å². The van der Waals surface area contributed by atoms with Crippen LogP contribution in [0, 0.1) is 17.2 Å². The average Bonchev–Trinajstić information content (AvgIpc) is 3.07. The Morgan fingerprint density at radius 3 is 2.67 bits per heavy atom. The first-order valence-electron chi connectivity index (χ1n) is 8.37. The highest BCUT2D eigenvalue weighted by atomic mass is 35.5. The molecule has 3 rings (SSSR count). The van der Waals surface area contributed by atoms with Crippen LogP contribution in [0.4, 0.5) is 5.82 Å². The molecule has 1 saturated heterocycles. The highest BCUT2D eigenvalue weighted by Crippen LogP contribution is 2.27. The van der Waals surface area contributed by atoms with Crippen molar-refractivity contribution in [2.24, 2.45) is 5.92 Å². The van der Waals surface area contributed by atoms with Crippen molar-refractivity contribution in [3.8, 4) is 11.8 Å². The monoisotopic (exact) mass is 387 g/mol. The number of ether oxygens (including phenoxy) is 1. The first-order valence-corrected chi connectivity index (χ1v) is 8.74. The molecule has 8 nitrogen and oxygen atoms in total. The van der Waals surface area contributed by atoms with Crippen LogP contribution in [0.2, 0.25) is 5.02 Å². The van der Waals surface area contributed by atoms with E-state index in [1.807, 2.05) is 6.07 Å². The minimum atomic E-state index is -0.316. The first-order chi connectivity index (χ1) is 13.0. The molecule has 27 heavy (non-hydrogen) atoms. The molecule has 0 aliphatic carbocycles. The predicted molar refractivity (Wildman–Crippen MR) is 98.6 cm³/mol. The number of benzene rings is 1. The van der Waals surface area contributed by atoms with Crippen molar-refractivity contribution in [1.29, 1.82) is 5.26 Å². The lowest BCUT2D eigenvalue weighted by atomic mass is 9.95. The van der Waals surface area contributed by atoms with Crippen LogP contribution >= 0.6 is 11.6 Å². The van der Waals surface area contributed by atoms with Crippen LogP contribution in [-0.4, -0.2) is 46.7 Å². The number of hydrogen-bond acceptors (Lipinski definition) is 6. The van der Waals surface area contributed by atoms with Crippen LogP contribution in [0.5, 0.6) is 5.75 Å². The standard InChI is InChI=1S/C18H18ClN5O3/c1-27-15-3-2-13(19)8-14(15)18(26)23-6-4-11(5-7-23)17(25)24-16(21)12(9-20)10-22-24/h2-3,8,10-11H,4-7,21H2,1H3. The van der Waals surface area contributed by atoms with Gasteiger partial charge in [0.25, 0.3) is 11.8 Å². The van der Waals surface area contributed by atoms with Crippen molar-refractivity contribution in [1.82, 2.24) is 14.7 Å². The Balaban J connectivity index is 1.69. The molecule has 1 aromatic carbocycles. The van der Waals surface area contributed by atoms with Crippen LogP contribution in [0.1, 0.15) is 33.6 Å². The number of carbonyl (C=O) groups excluding carboxylic acids is 2. The lowest BCUT2D eigenvalue weighted by Gasteiger charge is -2.31. The number of hydrogen-bond donors (Lipinski definition) is 1. The van der Waals surface area contributed by atoms with Gasteiger partial charge in [-0.25, -0.2) is 0 Å². The van der Waals surface area contributed by atoms with Crippen LogP contribution in [0.15, 0.2) is 24.4 Å². The maximum absolute atomic E-state index is 12.8. The molecular weight excluding hydrogens is 370 g/mol. The van der Waals surface area contributed by atoms with Crippen LogP contribution in [0.25, 0.3) is 0 Å². The Labute approximate surface area is 161 Å². The number of aromatic nitrogens is 2. The van der Waals surface area contributed by atoms with Crippen molar-refractivity contribution in [3.63, 3.8) is 0 Å². The van der Waals surface area contributed by atoms with Gasteiger partial charge in [-0.2, -0.15) is 15.0 Å². The lowest BCUT2D eigenvalue weighted by molar-refractivity contribution is 0.0613. The lowest BCUT2D eigenvalue weighted by Crippen LogP contribution is -2.41. The van der Waals surface area contributed by atoms with E-state index >= 15 is 0 Å². The van der Waals surface area contributed by atoms with Gasteiger partial charge < -0.3 is 15.4 Å². The molecule has 0 saturated carbocycles. The number of anilines is 1. The van der Waals surface area contributed by atoms with Crippen LogP contribution in [0.3, 0.4) is 0 Å². The number of likely N-dealkylation sites (tertiary alicyclic amines) is 1. The molecule has 0 atom stereocenters. The van der Waals surface area contributed by atoms with Crippen LogP contribution < -0.4 is 10.5 Å². The Kier molecular flexibility index (Phi) is 5.33. The molecule has 0 spiro atoms. The minimum Gasteiger partial charge on any atom is -0.496 e. The van der Waals surface area contributed by atoms with E-state index in [-0.39, 0.29) is 29.1 Å². The van der Waals surface area contributed by atoms with Crippen molar-refractivity contribution in [3.05, 3.63) is 40.5 Å². The summed E-state index contributed by atoms with van der Waals surface area (Å²) in [6.45, 7) is 0.828. The number of methoxy groups -OCH3 is 1. The number of nitrogen functional groups attached to an aromatic ring is 1. The molecule has 1 aromatic heterocycles. The van der Waals surface area contributed by atoms with E-state index in [0.29, 0.717) is 42.3 Å². The molecule has 2 aromatic rings. The summed E-state index contributed by atoms with van der Waals surface area (Å²) < 4.78 is 6.31. The molecular formula is C18H18ClN5O3. The summed E-state index contributed by atoms with van der Waals surface area (Å²) in [7, 11) is 1.49. The molecule has 0 radical (unpaired) electrons. The van der Waals surface area contributed by atoms with Gasteiger partial charge in [-0.05, 0) is 31.0 Å². The number of rotatable bonds is 3. The molecule has 9 heteroatoms. The summed E-state index contributed by atoms with van der Waals surface area (Å²) in [5.74, 6) is -0.267. The third-order valence-electron chi connectivity index (χ3n) is 4.66. The molecule has 0 unspecified atom stereocenters. The van der Waals surface area contributed by atoms with E-state index in [1.165, 1.54) is 13.3 Å². The zero-order chi connectivity index (χ0) is 19.6. The first kappa shape index (κ1) is 18.7. The Hall–Kier alpha value is -3.05. The molecule has 2 N–H and O–H groups in total. The van der Waals surface area contributed by atoms with Gasteiger partial charge in [0.05, 0.1) is 18.9 Å². The summed E-state index contributed by atoms with van der Waals surface area (Å²) in [5.41, 5.74) is 6.35. The van der Waals surface area contributed by atoms with Crippen LogP contribution in [-0.2, 0) is 0 Å². The normalized spacial score (nSPS) is 14.6. The van der Waals surface area contributed by atoms with E-state index in [4.69, 9.17) is 27.3 Å². The number of carbonyl (C=O) groups is 2. The largest absolute Gasteiger partial charge is 0.496 e. The molecule has 1 amide bonds. The van der Waals surface area contributed by atoms with Gasteiger partial charge in [0.2, 0.25) is 0 Å². The maximum atomic E-state index is 12.8. The molecule has 0 bridgehead atoms. The summed E-state index contributed by atoms with van der Waals surface area (Å²) >= 11 is 6.00. The second-order valence-corrected chi connectivity index (χ2v) is 6.65. The van der Waals surface area contributed by atoms with E-state index in [2.05, 4.69) is 5.10 Å². The number of piperidine rings is 1. The fourth-order valence-electron chi connectivity index (χ4n) is 3.14. The topological polar surface area (TPSA) is 114 Å². The SMILES string of the molecule is COc1ccc(Cl)cc1C(=O)N1CCC(C(=O)n2ncc(C#N)c2N)CC1. The smallest absolute Gasteiger partial charge is 0.257 e. The predicted octanol–water partition coefficient (Wildman–Crippen LogP) is 2.19. The highest BCUT2D eigenvalue weighted by Gasteiger charge is 2.31. The van der Waals surface area contributed by atoms with E-state index < -0.39 is 0 Å². The summed E-state index contributed by atoms with van der Waals surface area (Å²) in [5, 5.41) is 13.3. The molecule has 1 aliphatic rings. The van der Waals surface area contributed by atoms with Crippen molar-refractivity contribution in [2.75, 3.05) is 25.9 Å². The van der Waals surface area contributed by atoms with Gasteiger partial charge in [-0.15, -0.1) is 0 Å². The number of nitrogens with zero attached hydrogens (tertiary/aromatic N) is 4. The number of amides is 1. The second-order valence-electron chi connectivity index (χ2n) is 6.22. The third kappa shape index (κ3) is 3.59. The molecule has 2 heterocycles. The second kappa shape index (κ2) is 7.68. The summed E-state index contributed by atoms with van der Waals surface area (Å²) in [6, 6.07) is 6.78. The van der Waals surface area contributed by atoms with Gasteiger partial charge in [-0.1, -0.05) is 11.6 Å². The van der Waals surface area contributed by atoms with E-state index in [0.717, 1.165) is 4.68 Å². The number of nitrogens with two attached hydrogens (primary N) is 1. The van der Waals surface area contributed by atoms with Gasteiger partial charge in [-0.3, -0.25) is 9.59 Å². The zero-order valence-electron chi connectivity index (χ0n) is 14.7. The third-order valence-corrected chi connectivity index (χ3v) is 4.89.